The van der Waals surface area contributed by atoms with Gasteiger partial charge in [-0.05, 0) is 30.2 Å². The third-order valence-electron chi connectivity index (χ3n) is 5.00. The van der Waals surface area contributed by atoms with Crippen molar-refractivity contribution in [3.63, 3.8) is 0 Å². The molecule has 32 heavy (non-hydrogen) atoms. The third-order valence-corrected chi connectivity index (χ3v) is 7.65. The summed E-state index contributed by atoms with van der Waals surface area (Å²) in [4.78, 5) is -0.0935. The van der Waals surface area contributed by atoms with Crippen LogP contribution in [0.3, 0.4) is 0 Å². The van der Waals surface area contributed by atoms with Gasteiger partial charge in [0.25, 0.3) is 0 Å². The van der Waals surface area contributed by atoms with Gasteiger partial charge in [-0.1, -0.05) is 59.6 Å². The number of aromatic nitrogens is 2. The quantitative estimate of drug-likeness (QED) is 0.471. The second-order valence-corrected chi connectivity index (χ2v) is 10.1. The average Bonchev–Trinajstić information content (AvgIpc) is 3.13. The number of nitrogens with one attached hydrogen (secondary N) is 1. The molecular formula is C21H16Cl2F3N3O2S. The molecule has 0 saturated carbocycles. The van der Waals surface area contributed by atoms with Crippen LogP contribution >= 0.6 is 23.2 Å². The lowest BCUT2D eigenvalue weighted by Gasteiger charge is -2.30. The van der Waals surface area contributed by atoms with Crippen molar-refractivity contribution in [1.29, 1.82) is 0 Å². The Labute approximate surface area is 192 Å². The van der Waals surface area contributed by atoms with Gasteiger partial charge in [-0.2, -0.15) is 18.3 Å². The molecule has 1 aliphatic rings. The largest absolute Gasteiger partial charge is 0.435 e. The van der Waals surface area contributed by atoms with E-state index in [1.165, 1.54) is 25.1 Å². The molecule has 0 saturated heterocycles. The number of rotatable bonds is 4. The van der Waals surface area contributed by atoms with Gasteiger partial charge in [0.05, 0.1) is 20.7 Å². The standard InChI is InChI=1S/C21H16Cl2F3N3O2S/c1-12-20(32(30,31)11-13-5-3-2-4-6-13)19(14-7-8-15(22)16(23)9-14)29-18(27-12)10-17(28-29)21(24,25)26/h2-10,19,27H,11H2,1H3. The number of fused-ring (bicyclic) bond motifs is 1. The van der Waals surface area contributed by atoms with Crippen LogP contribution in [0.25, 0.3) is 0 Å². The zero-order valence-corrected chi connectivity index (χ0v) is 18.8. The fraction of sp³-hybridized carbons (Fsp3) is 0.190. The summed E-state index contributed by atoms with van der Waals surface area (Å²) in [6.07, 6.45) is -4.70. The number of sulfone groups is 1. The third kappa shape index (κ3) is 4.24. The first-order valence-electron chi connectivity index (χ1n) is 9.33. The molecule has 1 aromatic heterocycles. The van der Waals surface area contributed by atoms with E-state index in [9.17, 15) is 21.6 Å². The van der Waals surface area contributed by atoms with Crippen molar-refractivity contribution in [2.45, 2.75) is 24.9 Å². The molecule has 168 valence electrons. The maximum Gasteiger partial charge on any atom is 0.435 e. The van der Waals surface area contributed by atoms with E-state index in [0.29, 0.717) is 11.1 Å². The van der Waals surface area contributed by atoms with Gasteiger partial charge >= 0.3 is 6.18 Å². The van der Waals surface area contributed by atoms with E-state index in [4.69, 9.17) is 23.2 Å². The van der Waals surface area contributed by atoms with Crippen molar-refractivity contribution in [3.05, 3.63) is 92.1 Å². The second kappa shape index (κ2) is 8.13. The van der Waals surface area contributed by atoms with Gasteiger partial charge in [0.15, 0.2) is 15.5 Å². The van der Waals surface area contributed by atoms with Crippen molar-refractivity contribution < 1.29 is 21.6 Å². The van der Waals surface area contributed by atoms with E-state index >= 15 is 0 Å². The zero-order chi connectivity index (χ0) is 23.3. The molecule has 2 heterocycles. The van der Waals surface area contributed by atoms with E-state index in [1.54, 1.807) is 30.3 Å². The van der Waals surface area contributed by atoms with Crippen molar-refractivity contribution in [2.24, 2.45) is 0 Å². The number of alkyl halides is 3. The first kappa shape index (κ1) is 22.7. The lowest BCUT2D eigenvalue weighted by molar-refractivity contribution is -0.141. The zero-order valence-electron chi connectivity index (χ0n) is 16.5. The van der Waals surface area contributed by atoms with Crippen LogP contribution in [-0.2, 0) is 21.8 Å². The Morgan fingerprint density at radius 3 is 2.38 bits per heavy atom. The molecular weight excluding hydrogens is 486 g/mol. The summed E-state index contributed by atoms with van der Waals surface area (Å²) in [6, 6.07) is 12.6. The molecule has 1 aliphatic heterocycles. The van der Waals surface area contributed by atoms with Gasteiger partial charge in [0.1, 0.15) is 11.9 Å². The molecule has 4 rings (SSSR count). The number of allylic oxidation sites excluding steroid dienone is 2. The van der Waals surface area contributed by atoms with Crippen LogP contribution in [0, 0.1) is 0 Å². The first-order valence-corrected chi connectivity index (χ1v) is 11.7. The lowest BCUT2D eigenvalue weighted by Crippen LogP contribution is -2.29. The van der Waals surface area contributed by atoms with Gasteiger partial charge in [-0.3, -0.25) is 0 Å². The minimum atomic E-state index is -4.70. The minimum Gasteiger partial charge on any atom is -0.343 e. The number of halogens is 5. The maximum atomic E-state index is 13.5. The molecule has 5 nitrogen and oxygen atoms in total. The summed E-state index contributed by atoms with van der Waals surface area (Å²) in [7, 11) is -3.98. The molecule has 3 aromatic rings. The Balaban J connectivity index is 1.90. The molecule has 0 aliphatic carbocycles. The Bertz CT molecular complexity index is 1320. The van der Waals surface area contributed by atoms with Gasteiger partial charge < -0.3 is 5.32 Å². The van der Waals surface area contributed by atoms with Gasteiger partial charge in [0, 0.05) is 11.8 Å². The van der Waals surface area contributed by atoms with Crippen molar-refractivity contribution in [3.8, 4) is 0 Å². The maximum absolute atomic E-state index is 13.5. The summed E-state index contributed by atoms with van der Waals surface area (Å²) in [6.45, 7) is 1.51. The normalized spacial score (nSPS) is 16.6. The van der Waals surface area contributed by atoms with Crippen LogP contribution in [0.1, 0.15) is 29.8 Å². The van der Waals surface area contributed by atoms with E-state index in [1.807, 2.05) is 0 Å². The first-order chi connectivity index (χ1) is 15.0. The van der Waals surface area contributed by atoms with Gasteiger partial charge in [0.2, 0.25) is 0 Å². The van der Waals surface area contributed by atoms with Crippen molar-refractivity contribution in [2.75, 3.05) is 5.32 Å². The topological polar surface area (TPSA) is 64.0 Å². The van der Waals surface area contributed by atoms with E-state index in [2.05, 4.69) is 10.4 Å². The predicted molar refractivity (Wildman–Crippen MR) is 117 cm³/mol. The Morgan fingerprint density at radius 2 is 1.75 bits per heavy atom. The molecule has 0 spiro atoms. The summed E-state index contributed by atoms with van der Waals surface area (Å²) in [5.74, 6) is -0.313. The molecule has 0 amide bonds. The number of hydrogen-bond acceptors (Lipinski definition) is 4. The highest BCUT2D eigenvalue weighted by Crippen LogP contribution is 2.42. The van der Waals surface area contributed by atoms with Crippen LogP contribution in [-0.4, -0.2) is 18.2 Å². The van der Waals surface area contributed by atoms with Crippen LogP contribution in [0.4, 0.5) is 19.0 Å². The SMILES string of the molecule is CC1=C(S(=O)(=O)Cc2ccccc2)C(c2ccc(Cl)c(Cl)c2)n2nc(C(F)(F)F)cc2N1. The van der Waals surface area contributed by atoms with E-state index in [0.717, 1.165) is 10.7 Å². The smallest absolute Gasteiger partial charge is 0.343 e. The highest BCUT2D eigenvalue weighted by atomic mass is 35.5. The van der Waals surface area contributed by atoms with Crippen molar-refractivity contribution >= 4 is 38.9 Å². The minimum absolute atomic E-state index is 0.0181. The molecule has 11 heteroatoms. The van der Waals surface area contributed by atoms with Gasteiger partial charge in [-0.25, -0.2) is 13.1 Å². The molecule has 0 fully saturated rings. The lowest BCUT2D eigenvalue weighted by atomic mass is 10.0. The number of anilines is 1. The summed E-state index contributed by atoms with van der Waals surface area (Å²) < 4.78 is 68.1. The average molecular weight is 502 g/mol. The molecule has 0 bridgehead atoms. The second-order valence-electron chi connectivity index (χ2n) is 7.29. The Kier molecular flexibility index (Phi) is 5.77. The summed E-state index contributed by atoms with van der Waals surface area (Å²) >= 11 is 12.1. The van der Waals surface area contributed by atoms with Crippen molar-refractivity contribution in [1.82, 2.24) is 9.78 Å². The predicted octanol–water partition coefficient (Wildman–Crippen LogP) is 6.07. The highest BCUT2D eigenvalue weighted by molar-refractivity contribution is 7.94. The fourth-order valence-corrected chi connectivity index (χ4v) is 5.83. The van der Waals surface area contributed by atoms with Crippen LogP contribution in [0.5, 0.6) is 0 Å². The fourth-order valence-electron chi connectivity index (χ4n) is 3.64. The number of hydrogen-bond donors (Lipinski definition) is 1. The number of benzene rings is 2. The van der Waals surface area contributed by atoms with Crippen LogP contribution in [0.2, 0.25) is 10.0 Å². The molecule has 1 unspecified atom stereocenters. The molecule has 1 atom stereocenters. The van der Waals surface area contributed by atoms with E-state index in [-0.39, 0.29) is 32.2 Å². The number of nitrogens with zero attached hydrogens (tertiary/aromatic N) is 2. The Morgan fingerprint density at radius 1 is 1.06 bits per heavy atom. The molecule has 1 N–H and O–H groups in total. The highest BCUT2D eigenvalue weighted by Gasteiger charge is 2.41. The molecule has 0 radical (unpaired) electrons. The summed E-state index contributed by atoms with van der Waals surface area (Å²) in [5.41, 5.74) is -0.0504. The monoisotopic (exact) mass is 501 g/mol. The van der Waals surface area contributed by atoms with Crippen LogP contribution in [0.15, 0.2) is 65.2 Å². The molecule has 2 aromatic carbocycles. The van der Waals surface area contributed by atoms with Crippen LogP contribution < -0.4 is 5.32 Å². The Hall–Kier alpha value is -2.49. The summed E-state index contributed by atoms with van der Waals surface area (Å²) in [5, 5.41) is 6.83. The van der Waals surface area contributed by atoms with E-state index < -0.39 is 27.7 Å². The van der Waals surface area contributed by atoms with Gasteiger partial charge in [-0.15, -0.1) is 0 Å².